The van der Waals surface area contributed by atoms with Crippen molar-refractivity contribution in [1.82, 2.24) is 0 Å². The first-order valence-electron chi connectivity index (χ1n) is 19.1. The lowest BCUT2D eigenvalue weighted by atomic mass is 9.66. The molecule has 1 heterocycles. The van der Waals surface area contributed by atoms with Crippen LogP contribution in [0.5, 0.6) is 0 Å². The highest BCUT2D eigenvalue weighted by molar-refractivity contribution is 6.14. The van der Waals surface area contributed by atoms with Crippen LogP contribution in [0.25, 0.3) is 39.2 Å². The summed E-state index contributed by atoms with van der Waals surface area (Å²) >= 11 is 0. The van der Waals surface area contributed by atoms with Crippen LogP contribution in [0.1, 0.15) is 51.8 Å². The summed E-state index contributed by atoms with van der Waals surface area (Å²) in [6, 6.07) is 63.4. The molecule has 0 radical (unpaired) electrons. The summed E-state index contributed by atoms with van der Waals surface area (Å²) in [7, 11) is 0. The lowest BCUT2D eigenvalue weighted by Gasteiger charge is -2.38. The van der Waals surface area contributed by atoms with E-state index in [0.29, 0.717) is 0 Å². The number of fused-ring (bicyclic) bond motifs is 7. The third-order valence-corrected chi connectivity index (χ3v) is 11.7. The maximum absolute atomic E-state index is 6.40. The number of rotatable bonds is 6. The van der Waals surface area contributed by atoms with Crippen LogP contribution in [0.15, 0.2) is 209 Å². The number of benzene rings is 7. The number of anilines is 2. The van der Waals surface area contributed by atoms with Gasteiger partial charge in [-0.1, -0.05) is 151 Å². The normalized spacial score (nSPS) is 15.1. The van der Waals surface area contributed by atoms with Gasteiger partial charge in [0.25, 0.3) is 0 Å². The fourth-order valence-corrected chi connectivity index (χ4v) is 9.48. The fraction of sp³-hybridized carbons (Fsp3) is 0.0566. The van der Waals surface area contributed by atoms with Gasteiger partial charge in [0.2, 0.25) is 0 Å². The van der Waals surface area contributed by atoms with Crippen molar-refractivity contribution in [3.8, 4) is 0 Å². The minimum atomic E-state index is -0.464. The number of nitrogens with zero attached hydrogens (tertiary/aromatic N) is 1. The lowest BCUT2D eigenvalue weighted by molar-refractivity contribution is 0.669. The smallest absolute Gasteiger partial charge is 0.136 e. The number of hydrogen-bond donors (Lipinski definition) is 0. The van der Waals surface area contributed by atoms with Gasteiger partial charge in [0.15, 0.2) is 0 Å². The summed E-state index contributed by atoms with van der Waals surface area (Å²) < 4.78 is 6.40. The average molecular weight is 702 g/mol. The number of hydrogen-bond acceptors (Lipinski definition) is 2. The lowest BCUT2D eigenvalue weighted by Crippen LogP contribution is -2.30. The molecule has 0 fully saturated rings. The molecule has 11 rings (SSSR count). The molecule has 1 aromatic heterocycles. The Labute approximate surface area is 320 Å². The summed E-state index contributed by atoms with van der Waals surface area (Å²) in [6.07, 6.45) is 6.38. The maximum atomic E-state index is 6.40. The van der Waals surface area contributed by atoms with Crippen LogP contribution in [0.4, 0.5) is 11.4 Å². The molecule has 0 bridgehead atoms. The van der Waals surface area contributed by atoms with E-state index in [-0.39, 0.29) is 0 Å². The molecule has 3 aliphatic carbocycles. The summed E-state index contributed by atoms with van der Waals surface area (Å²) in [5, 5.41) is 2.22. The molecule has 0 saturated carbocycles. The van der Waals surface area contributed by atoms with Crippen LogP contribution in [0.3, 0.4) is 0 Å². The average Bonchev–Trinajstić information content (AvgIpc) is 3.79. The maximum Gasteiger partial charge on any atom is 0.136 e. The second-order valence-corrected chi connectivity index (χ2v) is 14.5. The van der Waals surface area contributed by atoms with Crippen molar-refractivity contribution in [2.45, 2.75) is 18.3 Å². The highest BCUT2D eigenvalue weighted by atomic mass is 16.3. The van der Waals surface area contributed by atoms with Crippen LogP contribution < -0.4 is 4.90 Å². The van der Waals surface area contributed by atoms with Gasteiger partial charge in [-0.2, -0.15) is 0 Å². The van der Waals surface area contributed by atoms with Gasteiger partial charge in [0.05, 0.1) is 11.1 Å². The van der Waals surface area contributed by atoms with Gasteiger partial charge in [-0.05, 0) is 100 Å². The van der Waals surface area contributed by atoms with Crippen molar-refractivity contribution < 1.29 is 4.42 Å². The van der Waals surface area contributed by atoms with E-state index in [4.69, 9.17) is 4.42 Å². The van der Waals surface area contributed by atoms with Gasteiger partial charge in [0, 0.05) is 38.9 Å². The molecule has 0 spiro atoms. The summed E-state index contributed by atoms with van der Waals surface area (Å²) in [5.74, 6) is 0. The number of para-hydroxylation sites is 3. The second-order valence-electron chi connectivity index (χ2n) is 14.5. The van der Waals surface area contributed by atoms with E-state index in [1.807, 2.05) is 12.1 Å². The summed E-state index contributed by atoms with van der Waals surface area (Å²) in [6.45, 7) is 0. The highest BCUT2D eigenvalue weighted by Gasteiger charge is 2.48. The van der Waals surface area contributed by atoms with Gasteiger partial charge >= 0.3 is 0 Å². The molecule has 258 valence electrons. The van der Waals surface area contributed by atoms with Gasteiger partial charge in [-0.3, -0.25) is 0 Å². The van der Waals surface area contributed by atoms with E-state index in [2.05, 4.69) is 192 Å². The highest BCUT2D eigenvalue weighted by Crippen LogP contribution is 2.58. The van der Waals surface area contributed by atoms with E-state index >= 15 is 0 Å². The molecule has 55 heavy (non-hydrogen) atoms. The fourth-order valence-electron chi connectivity index (χ4n) is 9.48. The van der Waals surface area contributed by atoms with Crippen molar-refractivity contribution in [2.75, 3.05) is 4.90 Å². The molecule has 0 aliphatic heterocycles. The third-order valence-electron chi connectivity index (χ3n) is 11.7. The predicted octanol–water partition coefficient (Wildman–Crippen LogP) is 13.4. The molecule has 2 nitrogen and oxygen atoms in total. The summed E-state index contributed by atoms with van der Waals surface area (Å²) in [4.78, 5) is 2.49. The van der Waals surface area contributed by atoms with Crippen LogP contribution in [-0.2, 0) is 5.41 Å². The van der Waals surface area contributed by atoms with E-state index in [0.717, 1.165) is 68.4 Å². The topological polar surface area (TPSA) is 16.4 Å². The monoisotopic (exact) mass is 701 g/mol. The van der Waals surface area contributed by atoms with E-state index in [1.54, 1.807) is 0 Å². The van der Waals surface area contributed by atoms with Crippen molar-refractivity contribution in [2.24, 2.45) is 0 Å². The zero-order chi connectivity index (χ0) is 36.3. The van der Waals surface area contributed by atoms with Crippen LogP contribution in [-0.4, -0.2) is 0 Å². The van der Waals surface area contributed by atoms with E-state index in [1.165, 1.54) is 39.1 Å². The molecule has 3 aliphatic rings. The molecule has 2 heteroatoms. The third kappa shape index (κ3) is 4.70. The number of allylic oxidation sites excluding steroid dienone is 4. The zero-order valence-corrected chi connectivity index (χ0v) is 30.2. The van der Waals surface area contributed by atoms with Crippen LogP contribution >= 0.6 is 0 Å². The molecular weight excluding hydrogens is 667 g/mol. The largest absolute Gasteiger partial charge is 0.456 e. The Bertz CT molecular complexity index is 2950. The molecule has 8 aromatic rings. The van der Waals surface area contributed by atoms with Gasteiger partial charge in [0.1, 0.15) is 11.2 Å². The Morgan fingerprint density at radius 3 is 2.00 bits per heavy atom. The van der Waals surface area contributed by atoms with E-state index in [9.17, 15) is 0 Å². The standard InChI is InChI=1S/C53H35NO/c1-4-18-37(19-5-1)53(38-20-6-2-7-21-38)46-28-13-10-24-41(46)42-33-32-40(35-47(42)53)54(39-22-8-3-9-23-39)48-29-14-11-25-43(48)44-27-16-17-36-31-34-50-52(51(36)44)45-26-12-15-30-49(45)55-50/h1-15,17-26,28-31,34-35H,32-33H2. The molecule has 0 saturated heterocycles. The SMILES string of the molecule is C1=C=C(c2ccccc2N(C2=CC3=C(CC2)c2ccccc2C3(c2ccccc2)c2ccccc2)c2ccccc2)c2c(ccc3oc4ccccc4c23)C=1. The van der Waals surface area contributed by atoms with Gasteiger partial charge in [-0.25, -0.2) is 0 Å². The minimum absolute atomic E-state index is 0.464. The van der Waals surface area contributed by atoms with Crippen molar-refractivity contribution in [3.63, 3.8) is 0 Å². The quantitative estimate of drug-likeness (QED) is 0.161. The predicted molar refractivity (Wildman–Crippen MR) is 226 cm³/mol. The Morgan fingerprint density at radius 1 is 0.564 bits per heavy atom. The molecule has 0 N–H and O–H groups in total. The van der Waals surface area contributed by atoms with Gasteiger partial charge < -0.3 is 9.32 Å². The molecule has 0 unspecified atom stereocenters. The van der Waals surface area contributed by atoms with Gasteiger partial charge in [-0.15, -0.1) is 0 Å². The van der Waals surface area contributed by atoms with Crippen molar-refractivity contribution in [1.29, 1.82) is 0 Å². The molecule has 0 amide bonds. The Kier molecular flexibility index (Phi) is 7.15. The Morgan fingerprint density at radius 2 is 1.22 bits per heavy atom. The number of furan rings is 1. The first-order valence-corrected chi connectivity index (χ1v) is 19.1. The van der Waals surface area contributed by atoms with Crippen LogP contribution in [0.2, 0.25) is 0 Å². The van der Waals surface area contributed by atoms with Crippen LogP contribution in [0, 0.1) is 0 Å². The minimum Gasteiger partial charge on any atom is -0.456 e. The molecular formula is C53H35NO. The summed E-state index contributed by atoms with van der Waals surface area (Å²) in [5.41, 5.74) is 24.1. The second kappa shape index (κ2) is 12.5. The Hall–Kier alpha value is -7.08. The van der Waals surface area contributed by atoms with Crippen molar-refractivity contribution >= 4 is 50.5 Å². The first-order chi connectivity index (χ1) is 27.3. The molecule has 0 atom stereocenters. The Balaban J connectivity index is 1.16. The van der Waals surface area contributed by atoms with Crippen molar-refractivity contribution in [3.05, 3.63) is 244 Å². The van der Waals surface area contributed by atoms with E-state index < -0.39 is 5.41 Å². The zero-order valence-electron chi connectivity index (χ0n) is 30.2. The first kappa shape index (κ1) is 31.4. The molecule has 7 aromatic carbocycles.